The quantitative estimate of drug-likeness (QED) is 0.898. The van der Waals surface area contributed by atoms with E-state index in [1.54, 1.807) is 24.0 Å². The third-order valence-corrected chi connectivity index (χ3v) is 2.87. The first-order chi connectivity index (χ1) is 8.56. The van der Waals surface area contributed by atoms with Crippen molar-refractivity contribution in [2.45, 2.75) is 19.9 Å². The molecule has 1 N–H and O–H groups in total. The predicted octanol–water partition coefficient (Wildman–Crippen LogP) is 2.22. The Balaban J connectivity index is 2.05. The molecular formula is C14H17N3O. The van der Waals surface area contributed by atoms with Gasteiger partial charge in [0.15, 0.2) is 0 Å². The van der Waals surface area contributed by atoms with Crippen molar-refractivity contribution in [1.29, 1.82) is 0 Å². The summed E-state index contributed by atoms with van der Waals surface area (Å²) in [6, 6.07) is 9.81. The highest BCUT2D eigenvalue weighted by Gasteiger charge is 2.13. The van der Waals surface area contributed by atoms with Crippen LogP contribution >= 0.6 is 0 Å². The zero-order valence-corrected chi connectivity index (χ0v) is 10.8. The minimum Gasteiger partial charge on any atom is -0.344 e. The molecule has 4 nitrogen and oxygen atoms in total. The number of aromatic nitrogens is 2. The predicted molar refractivity (Wildman–Crippen MR) is 70.3 cm³/mol. The van der Waals surface area contributed by atoms with Crippen LogP contribution in [0.3, 0.4) is 0 Å². The van der Waals surface area contributed by atoms with Crippen LogP contribution in [-0.2, 0) is 7.05 Å². The number of benzene rings is 1. The van der Waals surface area contributed by atoms with Crippen molar-refractivity contribution in [3.05, 3.63) is 53.3 Å². The van der Waals surface area contributed by atoms with Gasteiger partial charge in [-0.3, -0.25) is 9.48 Å². The topological polar surface area (TPSA) is 46.9 Å². The van der Waals surface area contributed by atoms with E-state index < -0.39 is 0 Å². The molecule has 2 rings (SSSR count). The zero-order chi connectivity index (χ0) is 13.1. The fourth-order valence-corrected chi connectivity index (χ4v) is 1.75. The maximum atomic E-state index is 11.9. The number of rotatable bonds is 3. The van der Waals surface area contributed by atoms with Gasteiger partial charge in [0, 0.05) is 13.2 Å². The lowest BCUT2D eigenvalue weighted by Crippen LogP contribution is -2.27. The molecule has 1 atom stereocenters. The third kappa shape index (κ3) is 2.77. The van der Waals surface area contributed by atoms with E-state index in [1.807, 2.05) is 38.1 Å². The summed E-state index contributed by atoms with van der Waals surface area (Å²) in [6.07, 6.45) is 1.76. The van der Waals surface area contributed by atoms with Crippen LogP contribution < -0.4 is 5.32 Å². The molecule has 18 heavy (non-hydrogen) atoms. The summed E-state index contributed by atoms with van der Waals surface area (Å²) in [5, 5.41) is 7.01. The molecule has 4 heteroatoms. The Hall–Kier alpha value is -2.10. The minimum atomic E-state index is -0.149. The Morgan fingerprint density at radius 1 is 1.28 bits per heavy atom. The molecule has 0 saturated heterocycles. The SMILES string of the molecule is Cc1ccc([C@@H](C)NC(=O)c2ccn(C)n2)cc1. The maximum Gasteiger partial charge on any atom is 0.272 e. The van der Waals surface area contributed by atoms with Crippen molar-refractivity contribution < 1.29 is 4.79 Å². The highest BCUT2D eigenvalue weighted by atomic mass is 16.2. The van der Waals surface area contributed by atoms with Gasteiger partial charge in [0.1, 0.15) is 5.69 Å². The van der Waals surface area contributed by atoms with E-state index in [0.717, 1.165) is 5.56 Å². The second-order valence-corrected chi connectivity index (χ2v) is 4.48. The van der Waals surface area contributed by atoms with Gasteiger partial charge in [-0.05, 0) is 25.5 Å². The summed E-state index contributed by atoms with van der Waals surface area (Å²) >= 11 is 0. The van der Waals surface area contributed by atoms with E-state index in [1.165, 1.54) is 5.56 Å². The molecule has 0 bridgehead atoms. The molecule has 0 radical (unpaired) electrons. The number of carbonyl (C=O) groups is 1. The molecule has 0 saturated carbocycles. The van der Waals surface area contributed by atoms with E-state index in [2.05, 4.69) is 10.4 Å². The van der Waals surface area contributed by atoms with Crippen LogP contribution in [0.15, 0.2) is 36.5 Å². The Morgan fingerprint density at radius 3 is 2.50 bits per heavy atom. The average Bonchev–Trinajstić information content (AvgIpc) is 2.76. The summed E-state index contributed by atoms with van der Waals surface area (Å²) in [5.74, 6) is -0.149. The maximum absolute atomic E-state index is 11.9. The Bertz CT molecular complexity index is 542. The molecule has 0 aliphatic rings. The molecule has 94 valence electrons. The molecular weight excluding hydrogens is 226 g/mol. The van der Waals surface area contributed by atoms with Crippen molar-refractivity contribution in [2.75, 3.05) is 0 Å². The monoisotopic (exact) mass is 243 g/mol. The third-order valence-electron chi connectivity index (χ3n) is 2.87. The van der Waals surface area contributed by atoms with Gasteiger partial charge in [0.25, 0.3) is 5.91 Å². The lowest BCUT2D eigenvalue weighted by molar-refractivity contribution is 0.0934. The highest BCUT2D eigenvalue weighted by molar-refractivity contribution is 5.92. The van der Waals surface area contributed by atoms with Crippen LogP contribution in [0.25, 0.3) is 0 Å². The van der Waals surface area contributed by atoms with Gasteiger partial charge < -0.3 is 5.32 Å². The minimum absolute atomic E-state index is 0.0277. The summed E-state index contributed by atoms with van der Waals surface area (Å²) in [6.45, 7) is 4.01. The first-order valence-electron chi connectivity index (χ1n) is 5.93. The molecule has 0 fully saturated rings. The van der Waals surface area contributed by atoms with Crippen molar-refractivity contribution in [3.8, 4) is 0 Å². The number of amides is 1. The molecule has 0 spiro atoms. The largest absolute Gasteiger partial charge is 0.344 e. The Kier molecular flexibility index (Phi) is 3.46. The molecule has 1 amide bonds. The van der Waals surface area contributed by atoms with Crippen molar-refractivity contribution >= 4 is 5.91 Å². The van der Waals surface area contributed by atoms with Gasteiger partial charge in [-0.1, -0.05) is 29.8 Å². The first kappa shape index (κ1) is 12.4. The van der Waals surface area contributed by atoms with E-state index in [9.17, 15) is 4.79 Å². The normalized spacial score (nSPS) is 12.2. The smallest absolute Gasteiger partial charge is 0.272 e. The summed E-state index contributed by atoms with van der Waals surface area (Å²) in [7, 11) is 1.79. The fraction of sp³-hybridized carbons (Fsp3) is 0.286. The lowest BCUT2D eigenvalue weighted by atomic mass is 10.1. The van der Waals surface area contributed by atoms with E-state index in [4.69, 9.17) is 0 Å². The van der Waals surface area contributed by atoms with E-state index >= 15 is 0 Å². The molecule has 0 aliphatic carbocycles. The summed E-state index contributed by atoms with van der Waals surface area (Å²) < 4.78 is 1.62. The van der Waals surface area contributed by atoms with E-state index in [0.29, 0.717) is 5.69 Å². The van der Waals surface area contributed by atoms with Crippen molar-refractivity contribution in [3.63, 3.8) is 0 Å². The molecule has 1 aromatic heterocycles. The Morgan fingerprint density at radius 2 is 1.94 bits per heavy atom. The zero-order valence-electron chi connectivity index (χ0n) is 10.8. The van der Waals surface area contributed by atoms with E-state index in [-0.39, 0.29) is 11.9 Å². The summed E-state index contributed by atoms with van der Waals surface area (Å²) in [5.41, 5.74) is 2.74. The molecule has 2 aromatic rings. The number of hydrogen-bond donors (Lipinski definition) is 1. The second-order valence-electron chi connectivity index (χ2n) is 4.48. The van der Waals surface area contributed by atoms with Crippen LogP contribution in [0.2, 0.25) is 0 Å². The van der Waals surface area contributed by atoms with Gasteiger partial charge in [-0.15, -0.1) is 0 Å². The van der Waals surface area contributed by atoms with Gasteiger partial charge >= 0.3 is 0 Å². The Labute approximate surface area is 107 Å². The second kappa shape index (κ2) is 5.04. The van der Waals surface area contributed by atoms with Gasteiger partial charge in [-0.2, -0.15) is 5.10 Å². The number of hydrogen-bond acceptors (Lipinski definition) is 2. The van der Waals surface area contributed by atoms with Crippen LogP contribution in [0.1, 0.15) is 34.6 Å². The first-order valence-corrected chi connectivity index (χ1v) is 5.93. The average molecular weight is 243 g/mol. The summed E-state index contributed by atoms with van der Waals surface area (Å²) in [4.78, 5) is 11.9. The molecule has 1 heterocycles. The fourth-order valence-electron chi connectivity index (χ4n) is 1.75. The standard InChI is InChI=1S/C14H17N3O/c1-10-4-6-12(7-5-10)11(2)15-14(18)13-8-9-17(3)16-13/h4-9,11H,1-3H3,(H,15,18)/t11-/m1/s1. The van der Waals surface area contributed by atoms with Crippen molar-refractivity contribution in [1.82, 2.24) is 15.1 Å². The van der Waals surface area contributed by atoms with Gasteiger partial charge in [0.2, 0.25) is 0 Å². The van der Waals surface area contributed by atoms with Crippen LogP contribution in [0.4, 0.5) is 0 Å². The number of aryl methyl sites for hydroxylation is 2. The van der Waals surface area contributed by atoms with Crippen LogP contribution in [0, 0.1) is 6.92 Å². The lowest BCUT2D eigenvalue weighted by Gasteiger charge is -2.13. The molecule has 1 aromatic carbocycles. The number of nitrogens with one attached hydrogen (secondary N) is 1. The van der Waals surface area contributed by atoms with Crippen molar-refractivity contribution in [2.24, 2.45) is 7.05 Å². The molecule has 0 aliphatic heterocycles. The number of carbonyl (C=O) groups excluding carboxylic acids is 1. The van der Waals surface area contributed by atoms with Gasteiger partial charge in [-0.25, -0.2) is 0 Å². The van der Waals surface area contributed by atoms with Crippen LogP contribution in [0.5, 0.6) is 0 Å². The molecule has 0 unspecified atom stereocenters. The highest BCUT2D eigenvalue weighted by Crippen LogP contribution is 2.13. The number of nitrogens with zero attached hydrogens (tertiary/aromatic N) is 2. The van der Waals surface area contributed by atoms with Crippen LogP contribution in [-0.4, -0.2) is 15.7 Å². The van der Waals surface area contributed by atoms with Gasteiger partial charge in [0.05, 0.1) is 6.04 Å².